The zero-order chi connectivity index (χ0) is 9.26. The molecule has 13 heavy (non-hydrogen) atoms. The molecule has 1 aliphatic carbocycles. The standard InChI is InChI=1S/C13H16/c1-10-8-11(2)13(9-10)12-6-4-3-5-7-12/h3-7,9-11H,8H2,1-2H3. The molecule has 0 heterocycles. The summed E-state index contributed by atoms with van der Waals surface area (Å²) in [7, 11) is 0. The smallest absolute Gasteiger partial charge is 0.0182 e. The topological polar surface area (TPSA) is 0 Å². The van der Waals surface area contributed by atoms with E-state index in [9.17, 15) is 0 Å². The molecule has 1 aromatic rings. The van der Waals surface area contributed by atoms with Gasteiger partial charge >= 0.3 is 0 Å². The van der Waals surface area contributed by atoms with Crippen LogP contribution in [0.3, 0.4) is 0 Å². The van der Waals surface area contributed by atoms with Crippen LogP contribution in [0.25, 0.3) is 5.57 Å². The lowest BCUT2D eigenvalue weighted by molar-refractivity contribution is 0.597. The Hall–Kier alpha value is -1.04. The van der Waals surface area contributed by atoms with E-state index in [1.165, 1.54) is 17.6 Å². The first-order valence-corrected chi connectivity index (χ1v) is 5.04. The Labute approximate surface area is 80.3 Å². The van der Waals surface area contributed by atoms with E-state index in [1.807, 2.05) is 0 Å². The number of rotatable bonds is 1. The van der Waals surface area contributed by atoms with Crippen LogP contribution in [0.5, 0.6) is 0 Å². The zero-order valence-corrected chi connectivity index (χ0v) is 8.33. The van der Waals surface area contributed by atoms with Crippen LogP contribution >= 0.6 is 0 Å². The highest BCUT2D eigenvalue weighted by Crippen LogP contribution is 2.36. The van der Waals surface area contributed by atoms with Crippen molar-refractivity contribution >= 4 is 5.57 Å². The minimum atomic E-state index is 0.734. The van der Waals surface area contributed by atoms with E-state index in [1.54, 1.807) is 0 Å². The van der Waals surface area contributed by atoms with Gasteiger partial charge in [0.2, 0.25) is 0 Å². The molecule has 0 bridgehead atoms. The molecule has 2 rings (SSSR count). The lowest BCUT2D eigenvalue weighted by Gasteiger charge is -2.08. The van der Waals surface area contributed by atoms with Crippen LogP contribution in [0.4, 0.5) is 0 Å². The summed E-state index contributed by atoms with van der Waals surface area (Å²) in [6.07, 6.45) is 3.73. The quantitative estimate of drug-likeness (QED) is 0.605. The van der Waals surface area contributed by atoms with Gasteiger partial charge in [0, 0.05) is 0 Å². The first-order chi connectivity index (χ1) is 6.27. The fraction of sp³-hybridized carbons (Fsp3) is 0.385. The van der Waals surface area contributed by atoms with Crippen molar-refractivity contribution in [3.8, 4) is 0 Å². The maximum absolute atomic E-state index is 2.42. The van der Waals surface area contributed by atoms with Crippen molar-refractivity contribution in [1.29, 1.82) is 0 Å². The van der Waals surface area contributed by atoms with E-state index < -0.39 is 0 Å². The van der Waals surface area contributed by atoms with Gasteiger partial charge < -0.3 is 0 Å². The highest BCUT2D eigenvalue weighted by Gasteiger charge is 2.20. The Morgan fingerprint density at radius 3 is 2.31 bits per heavy atom. The average Bonchev–Trinajstić information content (AvgIpc) is 2.47. The first kappa shape index (κ1) is 8.55. The first-order valence-electron chi connectivity index (χ1n) is 5.04. The Balaban J connectivity index is 2.32. The van der Waals surface area contributed by atoms with Gasteiger partial charge in [0.05, 0.1) is 0 Å². The third-order valence-corrected chi connectivity index (χ3v) is 2.83. The monoisotopic (exact) mass is 172 g/mol. The van der Waals surface area contributed by atoms with Crippen molar-refractivity contribution in [2.45, 2.75) is 20.3 Å². The summed E-state index contributed by atoms with van der Waals surface area (Å²) in [4.78, 5) is 0. The van der Waals surface area contributed by atoms with Crippen LogP contribution in [0.1, 0.15) is 25.8 Å². The summed E-state index contributed by atoms with van der Waals surface area (Å²) in [6.45, 7) is 4.62. The maximum Gasteiger partial charge on any atom is -0.0182 e. The fourth-order valence-corrected chi connectivity index (χ4v) is 2.23. The second-order valence-electron chi connectivity index (χ2n) is 4.10. The predicted molar refractivity (Wildman–Crippen MR) is 57.4 cm³/mol. The minimum absolute atomic E-state index is 0.734. The Bertz CT molecular complexity index is 308. The zero-order valence-electron chi connectivity index (χ0n) is 8.33. The molecule has 0 radical (unpaired) electrons. The second-order valence-corrected chi connectivity index (χ2v) is 4.10. The number of hydrogen-bond acceptors (Lipinski definition) is 0. The van der Waals surface area contributed by atoms with Crippen LogP contribution in [-0.2, 0) is 0 Å². The van der Waals surface area contributed by atoms with Gasteiger partial charge in [-0.1, -0.05) is 50.3 Å². The van der Waals surface area contributed by atoms with Crippen LogP contribution in [0, 0.1) is 11.8 Å². The number of benzene rings is 1. The van der Waals surface area contributed by atoms with Gasteiger partial charge in [-0.25, -0.2) is 0 Å². The van der Waals surface area contributed by atoms with Gasteiger partial charge in [-0.05, 0) is 29.4 Å². The van der Waals surface area contributed by atoms with Crippen molar-refractivity contribution < 1.29 is 0 Å². The molecule has 2 atom stereocenters. The van der Waals surface area contributed by atoms with Crippen molar-refractivity contribution in [1.82, 2.24) is 0 Å². The van der Waals surface area contributed by atoms with Gasteiger partial charge in [0.1, 0.15) is 0 Å². The van der Waals surface area contributed by atoms with Crippen molar-refractivity contribution in [3.05, 3.63) is 42.0 Å². The summed E-state index contributed by atoms with van der Waals surface area (Å²) in [5, 5.41) is 0. The predicted octanol–water partition coefficient (Wildman–Crippen LogP) is 3.75. The van der Waals surface area contributed by atoms with Crippen molar-refractivity contribution in [2.24, 2.45) is 11.8 Å². The Morgan fingerprint density at radius 2 is 1.77 bits per heavy atom. The lowest BCUT2D eigenvalue weighted by Crippen LogP contribution is -1.93. The second kappa shape index (κ2) is 3.37. The number of hydrogen-bond donors (Lipinski definition) is 0. The molecule has 0 saturated carbocycles. The minimum Gasteiger partial charge on any atom is -0.0776 e. The van der Waals surface area contributed by atoms with Gasteiger partial charge in [-0.2, -0.15) is 0 Å². The summed E-state index contributed by atoms with van der Waals surface area (Å²) < 4.78 is 0. The molecule has 0 aliphatic heterocycles. The number of allylic oxidation sites excluding steroid dienone is 2. The summed E-state index contributed by atoms with van der Waals surface area (Å²) in [5.41, 5.74) is 2.94. The molecule has 1 aliphatic rings. The molecule has 0 spiro atoms. The molecule has 1 aromatic carbocycles. The third kappa shape index (κ3) is 1.67. The van der Waals surface area contributed by atoms with E-state index in [4.69, 9.17) is 0 Å². The molecule has 0 nitrogen and oxygen atoms in total. The lowest BCUT2D eigenvalue weighted by atomic mass is 9.96. The van der Waals surface area contributed by atoms with Gasteiger partial charge in [0.25, 0.3) is 0 Å². The van der Waals surface area contributed by atoms with Crippen LogP contribution < -0.4 is 0 Å². The largest absolute Gasteiger partial charge is 0.0776 e. The Kier molecular flexibility index (Phi) is 2.22. The molecular weight excluding hydrogens is 156 g/mol. The molecule has 2 unspecified atom stereocenters. The summed E-state index contributed by atoms with van der Waals surface area (Å²) >= 11 is 0. The molecular formula is C13H16. The molecule has 0 saturated heterocycles. The SMILES string of the molecule is CC1C=C(c2ccccc2)C(C)C1. The van der Waals surface area contributed by atoms with Crippen LogP contribution in [-0.4, -0.2) is 0 Å². The van der Waals surface area contributed by atoms with Gasteiger partial charge in [-0.15, -0.1) is 0 Å². The fourth-order valence-electron chi connectivity index (χ4n) is 2.23. The normalized spacial score (nSPS) is 27.4. The average molecular weight is 172 g/mol. The molecule has 0 N–H and O–H groups in total. The highest BCUT2D eigenvalue weighted by molar-refractivity contribution is 5.69. The van der Waals surface area contributed by atoms with E-state index in [-0.39, 0.29) is 0 Å². The molecule has 0 heteroatoms. The Morgan fingerprint density at radius 1 is 1.08 bits per heavy atom. The van der Waals surface area contributed by atoms with Gasteiger partial charge in [-0.3, -0.25) is 0 Å². The van der Waals surface area contributed by atoms with E-state index in [0.29, 0.717) is 0 Å². The summed E-state index contributed by atoms with van der Waals surface area (Å²) in [5.74, 6) is 1.49. The van der Waals surface area contributed by atoms with Crippen molar-refractivity contribution in [2.75, 3.05) is 0 Å². The van der Waals surface area contributed by atoms with Crippen molar-refractivity contribution in [3.63, 3.8) is 0 Å². The molecule has 68 valence electrons. The van der Waals surface area contributed by atoms with Gasteiger partial charge in [0.15, 0.2) is 0 Å². The van der Waals surface area contributed by atoms with E-state index >= 15 is 0 Å². The molecule has 0 amide bonds. The summed E-state index contributed by atoms with van der Waals surface area (Å²) in [6, 6.07) is 10.7. The van der Waals surface area contributed by atoms with E-state index in [0.717, 1.165) is 11.8 Å². The van der Waals surface area contributed by atoms with Crippen LogP contribution in [0.15, 0.2) is 36.4 Å². The molecule has 0 aromatic heterocycles. The van der Waals surface area contributed by atoms with E-state index in [2.05, 4.69) is 50.3 Å². The maximum atomic E-state index is 2.42. The van der Waals surface area contributed by atoms with Crippen LogP contribution in [0.2, 0.25) is 0 Å². The molecule has 0 fully saturated rings. The highest BCUT2D eigenvalue weighted by atomic mass is 14.2. The third-order valence-electron chi connectivity index (χ3n) is 2.83.